The lowest BCUT2D eigenvalue weighted by atomic mass is 10.1. The molecule has 28 heavy (non-hydrogen) atoms. The van der Waals surface area contributed by atoms with E-state index in [9.17, 15) is 9.59 Å². The van der Waals surface area contributed by atoms with Crippen LogP contribution in [0.2, 0.25) is 0 Å². The Bertz CT molecular complexity index is 953. The Labute approximate surface area is 164 Å². The van der Waals surface area contributed by atoms with Crippen molar-refractivity contribution in [3.05, 3.63) is 84.4 Å². The number of rotatable bonds is 5. The highest BCUT2D eigenvalue weighted by Gasteiger charge is 2.10. The van der Waals surface area contributed by atoms with Crippen molar-refractivity contribution in [3.8, 4) is 11.1 Å². The standard InChI is InChI=1S/C23H23N3O2/c1-16(20-9-6-10-22(15-20)25-17(2)27)24-23(28)26-21-13-11-19(12-14-21)18-7-4-3-5-8-18/h3-16H,1-2H3,(H,25,27)(H2,24,26,28)/t16-/m1/s1. The van der Waals surface area contributed by atoms with Crippen molar-refractivity contribution in [2.45, 2.75) is 19.9 Å². The summed E-state index contributed by atoms with van der Waals surface area (Å²) in [5.41, 5.74) is 4.55. The molecular weight excluding hydrogens is 350 g/mol. The lowest BCUT2D eigenvalue weighted by Crippen LogP contribution is -2.31. The van der Waals surface area contributed by atoms with Crippen LogP contribution in [0.25, 0.3) is 11.1 Å². The Kier molecular flexibility index (Phi) is 6.07. The van der Waals surface area contributed by atoms with Gasteiger partial charge in [0, 0.05) is 18.3 Å². The second-order valence-electron chi connectivity index (χ2n) is 6.57. The van der Waals surface area contributed by atoms with E-state index < -0.39 is 0 Å². The molecule has 0 heterocycles. The van der Waals surface area contributed by atoms with Crippen molar-refractivity contribution >= 4 is 23.3 Å². The van der Waals surface area contributed by atoms with Crippen molar-refractivity contribution in [1.29, 1.82) is 0 Å². The molecule has 3 N–H and O–H groups in total. The number of benzene rings is 3. The van der Waals surface area contributed by atoms with Crippen LogP contribution in [0.1, 0.15) is 25.5 Å². The van der Waals surface area contributed by atoms with E-state index >= 15 is 0 Å². The number of amides is 3. The summed E-state index contributed by atoms with van der Waals surface area (Å²) in [5, 5.41) is 8.50. The number of urea groups is 1. The summed E-state index contributed by atoms with van der Waals surface area (Å²) in [6.45, 7) is 3.36. The van der Waals surface area contributed by atoms with Gasteiger partial charge in [-0.25, -0.2) is 4.79 Å². The van der Waals surface area contributed by atoms with Crippen LogP contribution in [0.5, 0.6) is 0 Å². The predicted octanol–water partition coefficient (Wildman–Crippen LogP) is 5.19. The van der Waals surface area contributed by atoms with Gasteiger partial charge in [0.25, 0.3) is 0 Å². The van der Waals surface area contributed by atoms with Crippen LogP contribution < -0.4 is 16.0 Å². The molecule has 5 heteroatoms. The number of anilines is 2. The molecule has 0 radical (unpaired) electrons. The second kappa shape index (κ2) is 8.86. The van der Waals surface area contributed by atoms with Gasteiger partial charge in [-0.2, -0.15) is 0 Å². The molecule has 0 saturated carbocycles. The van der Waals surface area contributed by atoms with Gasteiger partial charge in [0.2, 0.25) is 5.91 Å². The molecule has 3 aromatic rings. The minimum atomic E-state index is -0.287. The molecule has 3 aromatic carbocycles. The minimum absolute atomic E-state index is 0.130. The first-order valence-electron chi connectivity index (χ1n) is 9.12. The normalized spacial score (nSPS) is 11.4. The average molecular weight is 373 g/mol. The molecule has 0 aromatic heterocycles. The Hall–Kier alpha value is -3.60. The highest BCUT2D eigenvalue weighted by atomic mass is 16.2. The molecular formula is C23H23N3O2. The van der Waals surface area contributed by atoms with E-state index in [0.29, 0.717) is 5.69 Å². The maximum atomic E-state index is 12.3. The summed E-state index contributed by atoms with van der Waals surface area (Å²) < 4.78 is 0. The molecule has 142 valence electrons. The van der Waals surface area contributed by atoms with Crippen LogP contribution in [0.4, 0.5) is 16.2 Å². The number of carbonyl (C=O) groups excluding carboxylic acids is 2. The SMILES string of the molecule is CC(=O)Nc1cccc([C@@H](C)NC(=O)Nc2ccc(-c3ccccc3)cc2)c1. The van der Waals surface area contributed by atoms with Gasteiger partial charge >= 0.3 is 6.03 Å². The van der Waals surface area contributed by atoms with E-state index in [2.05, 4.69) is 16.0 Å². The van der Waals surface area contributed by atoms with Gasteiger partial charge in [-0.3, -0.25) is 4.79 Å². The van der Waals surface area contributed by atoms with Crippen LogP contribution in [0.15, 0.2) is 78.9 Å². The van der Waals surface area contributed by atoms with Crippen molar-refractivity contribution in [2.75, 3.05) is 10.6 Å². The zero-order valence-electron chi connectivity index (χ0n) is 15.9. The smallest absolute Gasteiger partial charge is 0.319 e. The lowest BCUT2D eigenvalue weighted by Gasteiger charge is -2.16. The van der Waals surface area contributed by atoms with Crippen molar-refractivity contribution < 1.29 is 9.59 Å². The van der Waals surface area contributed by atoms with E-state index in [1.54, 1.807) is 0 Å². The van der Waals surface area contributed by atoms with Gasteiger partial charge in [0.1, 0.15) is 0 Å². The van der Waals surface area contributed by atoms with Crippen LogP contribution in [-0.2, 0) is 4.79 Å². The summed E-state index contributed by atoms with van der Waals surface area (Å²) in [5.74, 6) is -0.130. The number of hydrogen-bond acceptors (Lipinski definition) is 2. The summed E-state index contributed by atoms with van der Waals surface area (Å²) in [6.07, 6.45) is 0. The molecule has 0 aliphatic rings. The molecule has 3 amide bonds. The topological polar surface area (TPSA) is 70.2 Å². The van der Waals surface area contributed by atoms with Gasteiger partial charge in [-0.15, -0.1) is 0 Å². The number of nitrogens with one attached hydrogen (secondary N) is 3. The molecule has 0 saturated heterocycles. The van der Waals surface area contributed by atoms with Crippen LogP contribution >= 0.6 is 0 Å². The van der Waals surface area contributed by atoms with Crippen LogP contribution in [-0.4, -0.2) is 11.9 Å². The Morgan fingerprint density at radius 1 is 0.750 bits per heavy atom. The maximum Gasteiger partial charge on any atom is 0.319 e. The third kappa shape index (κ3) is 5.20. The van der Waals surface area contributed by atoms with Crippen LogP contribution in [0, 0.1) is 0 Å². The molecule has 3 rings (SSSR count). The monoisotopic (exact) mass is 373 g/mol. The zero-order valence-corrected chi connectivity index (χ0v) is 15.9. The third-order valence-corrected chi connectivity index (χ3v) is 4.30. The van der Waals surface area contributed by atoms with Gasteiger partial charge in [0.05, 0.1) is 6.04 Å². The Morgan fingerprint density at radius 3 is 2.11 bits per heavy atom. The van der Waals surface area contributed by atoms with Gasteiger partial charge in [0.15, 0.2) is 0 Å². The van der Waals surface area contributed by atoms with Gasteiger partial charge in [-0.05, 0) is 47.9 Å². The first kappa shape index (κ1) is 19.2. The minimum Gasteiger partial charge on any atom is -0.331 e. The quantitative estimate of drug-likeness (QED) is 0.576. The van der Waals surface area contributed by atoms with Gasteiger partial charge < -0.3 is 16.0 Å². The zero-order chi connectivity index (χ0) is 19.9. The lowest BCUT2D eigenvalue weighted by molar-refractivity contribution is -0.114. The van der Waals surface area contributed by atoms with E-state index in [4.69, 9.17) is 0 Å². The number of carbonyl (C=O) groups is 2. The Morgan fingerprint density at radius 2 is 1.43 bits per heavy atom. The summed E-state index contributed by atoms with van der Waals surface area (Å²) in [7, 11) is 0. The molecule has 5 nitrogen and oxygen atoms in total. The molecule has 0 bridgehead atoms. The molecule has 0 unspecified atom stereocenters. The highest BCUT2D eigenvalue weighted by molar-refractivity contribution is 5.90. The largest absolute Gasteiger partial charge is 0.331 e. The van der Waals surface area contributed by atoms with E-state index in [1.807, 2.05) is 85.8 Å². The average Bonchev–Trinajstić information content (AvgIpc) is 2.69. The van der Waals surface area contributed by atoms with Crippen molar-refractivity contribution in [1.82, 2.24) is 5.32 Å². The van der Waals surface area contributed by atoms with Gasteiger partial charge in [-0.1, -0.05) is 54.6 Å². The van der Waals surface area contributed by atoms with Crippen molar-refractivity contribution in [2.24, 2.45) is 0 Å². The molecule has 1 atom stereocenters. The first-order chi connectivity index (χ1) is 13.5. The van der Waals surface area contributed by atoms with Crippen molar-refractivity contribution in [3.63, 3.8) is 0 Å². The number of hydrogen-bond donors (Lipinski definition) is 3. The Balaban J connectivity index is 1.60. The molecule has 0 spiro atoms. The summed E-state index contributed by atoms with van der Waals surface area (Å²) >= 11 is 0. The molecule has 0 aliphatic carbocycles. The fourth-order valence-electron chi connectivity index (χ4n) is 2.91. The maximum absolute atomic E-state index is 12.3. The second-order valence-corrected chi connectivity index (χ2v) is 6.57. The van der Waals surface area contributed by atoms with E-state index in [1.165, 1.54) is 6.92 Å². The first-order valence-corrected chi connectivity index (χ1v) is 9.12. The highest BCUT2D eigenvalue weighted by Crippen LogP contribution is 2.21. The van der Waals surface area contributed by atoms with E-state index in [0.717, 1.165) is 22.4 Å². The summed E-state index contributed by atoms with van der Waals surface area (Å²) in [4.78, 5) is 23.5. The van der Waals surface area contributed by atoms with E-state index in [-0.39, 0.29) is 18.0 Å². The molecule has 0 fully saturated rings. The fraction of sp³-hybridized carbons (Fsp3) is 0.130. The fourth-order valence-corrected chi connectivity index (χ4v) is 2.91. The van der Waals surface area contributed by atoms with Crippen LogP contribution in [0.3, 0.4) is 0 Å². The predicted molar refractivity (Wildman–Crippen MR) is 113 cm³/mol. The molecule has 0 aliphatic heterocycles. The summed E-state index contributed by atoms with van der Waals surface area (Å²) in [6, 6.07) is 24.7. The third-order valence-electron chi connectivity index (χ3n) is 4.30.